The van der Waals surface area contributed by atoms with Crippen molar-refractivity contribution in [3.8, 4) is 0 Å². The Labute approximate surface area is 114 Å². The van der Waals surface area contributed by atoms with Crippen molar-refractivity contribution in [2.45, 2.75) is 0 Å². The second-order valence-electron chi connectivity index (χ2n) is 3.75. The number of rotatable bonds is 3. The normalized spacial score (nSPS) is 11.3. The Bertz CT molecular complexity index is 642. The van der Waals surface area contributed by atoms with Crippen LogP contribution < -0.4 is 0 Å². The van der Waals surface area contributed by atoms with Crippen molar-refractivity contribution in [2.24, 2.45) is 0 Å². The molecule has 0 heterocycles. The maximum atomic E-state index is 11.9. The highest BCUT2D eigenvalue weighted by atomic mass is 35.5. The van der Waals surface area contributed by atoms with Gasteiger partial charge in [-0.05, 0) is 6.07 Å². The lowest BCUT2D eigenvalue weighted by atomic mass is 10.2. The van der Waals surface area contributed by atoms with Gasteiger partial charge in [0.1, 0.15) is 0 Å². The minimum atomic E-state index is -0.540. The van der Waals surface area contributed by atoms with E-state index in [0.29, 0.717) is 16.0 Å². The third-order valence-corrected chi connectivity index (χ3v) is 2.79. The van der Waals surface area contributed by atoms with Gasteiger partial charge in [0, 0.05) is 24.3 Å². The molecule has 0 N–H and O–H groups in total. The molecule has 0 fully saturated rings. The molecule has 0 aromatic heterocycles. The third kappa shape index (κ3) is 3.08. The number of benzene rings is 2. The minimum Gasteiger partial charge on any atom is -0.618 e. The molecule has 6 heteroatoms. The fourth-order valence-corrected chi connectivity index (χ4v) is 1.73. The van der Waals surface area contributed by atoms with Crippen LogP contribution in [0.3, 0.4) is 0 Å². The summed E-state index contributed by atoms with van der Waals surface area (Å²) in [5.74, 6) is 0. The van der Waals surface area contributed by atoms with Crippen molar-refractivity contribution in [1.29, 1.82) is 0 Å². The summed E-state index contributed by atoms with van der Waals surface area (Å²) in [7, 11) is 0. The highest BCUT2D eigenvalue weighted by Gasteiger charge is 2.10. The molecule has 0 amide bonds. The van der Waals surface area contributed by atoms with Crippen LogP contribution in [-0.2, 0) is 0 Å². The van der Waals surface area contributed by atoms with E-state index < -0.39 is 4.92 Å². The number of nitro benzene ring substituents is 1. The number of nitro groups is 1. The van der Waals surface area contributed by atoms with Crippen molar-refractivity contribution in [3.63, 3.8) is 0 Å². The van der Waals surface area contributed by atoms with E-state index in [1.807, 2.05) is 0 Å². The second kappa shape index (κ2) is 5.49. The van der Waals surface area contributed by atoms with Gasteiger partial charge >= 0.3 is 0 Å². The Morgan fingerprint density at radius 3 is 2.26 bits per heavy atom. The summed E-state index contributed by atoms with van der Waals surface area (Å²) in [5.41, 5.74) is 0.766. The summed E-state index contributed by atoms with van der Waals surface area (Å²) in [4.78, 5) is 10.0. The smallest absolute Gasteiger partial charge is 0.270 e. The summed E-state index contributed by atoms with van der Waals surface area (Å²) < 4.78 is 0.660. The van der Waals surface area contributed by atoms with E-state index in [4.69, 9.17) is 11.6 Å². The zero-order chi connectivity index (χ0) is 13.8. The van der Waals surface area contributed by atoms with Crippen LogP contribution in [0.4, 0.5) is 11.4 Å². The van der Waals surface area contributed by atoms with Crippen LogP contribution in [0.2, 0.25) is 5.02 Å². The zero-order valence-corrected chi connectivity index (χ0v) is 10.4. The molecule has 0 radical (unpaired) electrons. The quantitative estimate of drug-likeness (QED) is 0.283. The molecule has 19 heavy (non-hydrogen) atoms. The van der Waals surface area contributed by atoms with Crippen LogP contribution in [0.1, 0.15) is 5.56 Å². The maximum Gasteiger partial charge on any atom is 0.270 e. The Morgan fingerprint density at radius 1 is 1.00 bits per heavy atom. The molecule has 2 aromatic rings. The van der Waals surface area contributed by atoms with Gasteiger partial charge in [-0.15, -0.1) is 0 Å². The van der Waals surface area contributed by atoms with Gasteiger partial charge in [-0.1, -0.05) is 29.8 Å². The molecule has 0 spiro atoms. The number of non-ortho nitro benzene ring substituents is 1. The van der Waals surface area contributed by atoms with Gasteiger partial charge in [0.15, 0.2) is 6.21 Å². The predicted octanol–water partition coefficient (Wildman–Crippen LogP) is 3.51. The van der Waals surface area contributed by atoms with Gasteiger partial charge in [-0.2, -0.15) is 4.74 Å². The predicted molar refractivity (Wildman–Crippen MR) is 73.0 cm³/mol. The molecule has 0 bridgehead atoms. The van der Waals surface area contributed by atoms with Crippen LogP contribution >= 0.6 is 11.6 Å². The fourth-order valence-electron chi connectivity index (χ4n) is 1.51. The molecule has 0 aliphatic carbocycles. The van der Waals surface area contributed by atoms with Gasteiger partial charge < -0.3 is 5.21 Å². The topological polar surface area (TPSA) is 69.2 Å². The minimum absolute atomic E-state index is 0.112. The van der Waals surface area contributed by atoms with Gasteiger partial charge in [-0.3, -0.25) is 10.1 Å². The lowest BCUT2D eigenvalue weighted by molar-refractivity contribution is -0.384. The summed E-state index contributed by atoms with van der Waals surface area (Å²) in [5, 5.41) is 22.6. The highest BCUT2D eigenvalue weighted by Crippen LogP contribution is 2.21. The molecular formula is C13H9ClN2O3. The summed E-state index contributed by atoms with van der Waals surface area (Å²) in [6.45, 7) is 0. The first-order valence-electron chi connectivity index (χ1n) is 5.38. The molecule has 5 nitrogen and oxygen atoms in total. The first kappa shape index (κ1) is 13.0. The van der Waals surface area contributed by atoms with Gasteiger partial charge in [0.05, 0.1) is 15.5 Å². The van der Waals surface area contributed by atoms with E-state index in [-0.39, 0.29) is 10.7 Å². The molecule has 2 aromatic carbocycles. The first-order valence-corrected chi connectivity index (χ1v) is 5.76. The fraction of sp³-hybridized carbons (Fsp3) is 0. The van der Waals surface area contributed by atoms with Crippen molar-refractivity contribution in [2.75, 3.05) is 0 Å². The van der Waals surface area contributed by atoms with E-state index in [9.17, 15) is 15.3 Å². The van der Waals surface area contributed by atoms with Gasteiger partial charge in [0.2, 0.25) is 5.69 Å². The zero-order valence-electron chi connectivity index (χ0n) is 9.69. The van der Waals surface area contributed by atoms with Crippen LogP contribution in [0, 0.1) is 15.3 Å². The summed E-state index contributed by atoms with van der Waals surface area (Å²) in [6, 6.07) is 12.6. The molecule has 2 rings (SSSR count). The van der Waals surface area contributed by atoms with Crippen LogP contribution in [-0.4, -0.2) is 15.9 Å². The molecule has 0 atom stereocenters. The van der Waals surface area contributed by atoms with Crippen molar-refractivity contribution < 1.29 is 9.66 Å². The van der Waals surface area contributed by atoms with Gasteiger partial charge in [0.25, 0.3) is 5.69 Å². The summed E-state index contributed by atoms with van der Waals surface area (Å²) >= 11 is 5.90. The Hall–Kier alpha value is -2.40. The first-order chi connectivity index (χ1) is 9.08. The molecule has 0 unspecified atom stereocenters. The Morgan fingerprint density at radius 2 is 1.68 bits per heavy atom. The summed E-state index contributed by atoms with van der Waals surface area (Å²) in [6.07, 6.45) is 1.28. The lowest BCUT2D eigenvalue weighted by Gasteiger charge is -2.03. The lowest BCUT2D eigenvalue weighted by Crippen LogP contribution is -1.99. The maximum absolute atomic E-state index is 11.9. The van der Waals surface area contributed by atoms with E-state index in [1.54, 1.807) is 30.3 Å². The van der Waals surface area contributed by atoms with Crippen LogP contribution in [0.25, 0.3) is 0 Å². The number of nitrogens with zero attached hydrogens (tertiary/aromatic N) is 2. The number of para-hydroxylation sites is 1. The van der Waals surface area contributed by atoms with Crippen molar-refractivity contribution in [3.05, 3.63) is 74.4 Å². The Kier molecular flexibility index (Phi) is 3.77. The van der Waals surface area contributed by atoms with Gasteiger partial charge in [-0.25, -0.2) is 0 Å². The molecule has 0 saturated heterocycles. The van der Waals surface area contributed by atoms with Crippen molar-refractivity contribution in [1.82, 2.24) is 0 Å². The average molecular weight is 277 g/mol. The molecule has 0 aliphatic heterocycles. The standard InChI is InChI=1S/C13H9ClN2O3/c14-13-8-12(16(18)19)7-6-10(13)9-15(17)11-4-2-1-3-5-11/h1-9H. The Balaban J connectivity index is 2.36. The van der Waals surface area contributed by atoms with Crippen LogP contribution in [0.5, 0.6) is 0 Å². The SMILES string of the molecule is O=[N+]([O-])c1ccc(C=[N+]([O-])c2ccccc2)c(Cl)c1. The molecule has 0 aliphatic rings. The number of hydrogen-bond donors (Lipinski definition) is 0. The monoisotopic (exact) mass is 276 g/mol. The van der Waals surface area contributed by atoms with E-state index in [1.165, 1.54) is 24.4 Å². The van der Waals surface area contributed by atoms with E-state index in [2.05, 4.69) is 0 Å². The third-order valence-electron chi connectivity index (χ3n) is 2.46. The second-order valence-corrected chi connectivity index (χ2v) is 4.16. The highest BCUT2D eigenvalue weighted by molar-refractivity contribution is 6.33. The number of hydrogen-bond acceptors (Lipinski definition) is 3. The average Bonchev–Trinajstić information content (AvgIpc) is 2.41. The largest absolute Gasteiger partial charge is 0.618 e. The number of halogens is 1. The van der Waals surface area contributed by atoms with Crippen LogP contribution in [0.15, 0.2) is 48.5 Å². The molecule has 96 valence electrons. The van der Waals surface area contributed by atoms with Crippen molar-refractivity contribution >= 4 is 29.2 Å². The molecule has 0 saturated carbocycles. The van der Waals surface area contributed by atoms with E-state index >= 15 is 0 Å². The molecular weight excluding hydrogens is 268 g/mol. The van der Waals surface area contributed by atoms with E-state index in [0.717, 1.165) is 0 Å².